The van der Waals surface area contributed by atoms with Crippen LogP contribution in [0.15, 0.2) is 48.5 Å². The van der Waals surface area contributed by atoms with Crippen molar-refractivity contribution in [2.45, 2.75) is 13.0 Å². The first-order chi connectivity index (χ1) is 14.5. The van der Waals surface area contributed by atoms with Crippen molar-refractivity contribution in [3.8, 4) is 6.07 Å². The Kier molecular flexibility index (Phi) is 5.41. The Morgan fingerprint density at radius 1 is 1.27 bits per heavy atom. The molecule has 1 saturated heterocycles. The number of hydrogen-bond donors (Lipinski definition) is 1. The number of thiocarbonyl (C=S) groups is 1. The minimum atomic E-state index is -0.391. The Morgan fingerprint density at radius 2 is 1.93 bits per heavy atom. The van der Waals surface area contributed by atoms with Crippen molar-refractivity contribution in [3.63, 3.8) is 0 Å². The molecule has 1 aliphatic heterocycles. The molecule has 3 aromatic rings. The molecule has 1 atom stereocenters. The number of rotatable bonds is 5. The van der Waals surface area contributed by atoms with Crippen LogP contribution in [0.4, 0.5) is 10.5 Å². The van der Waals surface area contributed by atoms with E-state index in [-0.39, 0.29) is 6.10 Å². The van der Waals surface area contributed by atoms with Gasteiger partial charge in [0.05, 0.1) is 18.1 Å². The molecule has 30 heavy (non-hydrogen) atoms. The molecule has 1 aliphatic rings. The van der Waals surface area contributed by atoms with E-state index in [0.29, 0.717) is 23.8 Å². The summed E-state index contributed by atoms with van der Waals surface area (Å²) in [6.07, 6.45) is 1.04. The fourth-order valence-electron chi connectivity index (χ4n) is 3.11. The van der Waals surface area contributed by atoms with Crippen LogP contribution in [0.25, 0.3) is 22.8 Å². The van der Waals surface area contributed by atoms with Gasteiger partial charge in [-0.3, -0.25) is 4.90 Å². The van der Waals surface area contributed by atoms with E-state index in [4.69, 9.17) is 17.0 Å². The zero-order valence-corrected chi connectivity index (χ0v) is 17.0. The van der Waals surface area contributed by atoms with E-state index >= 15 is 0 Å². The van der Waals surface area contributed by atoms with Crippen molar-refractivity contribution in [2.75, 3.05) is 18.0 Å². The van der Waals surface area contributed by atoms with Crippen LogP contribution in [-0.2, 0) is 4.74 Å². The number of anilines is 1. The molecule has 0 aliphatic carbocycles. The third kappa shape index (κ3) is 4.14. The van der Waals surface area contributed by atoms with Gasteiger partial charge in [-0.2, -0.15) is 5.26 Å². The van der Waals surface area contributed by atoms with Gasteiger partial charge in [-0.05, 0) is 42.8 Å². The van der Waals surface area contributed by atoms with Gasteiger partial charge in [-0.15, -0.1) is 15.0 Å². The van der Waals surface area contributed by atoms with Crippen molar-refractivity contribution < 1.29 is 9.53 Å². The normalized spacial score (nSPS) is 16.4. The summed E-state index contributed by atoms with van der Waals surface area (Å²) in [5.41, 5.74) is 3.24. The molecule has 0 bridgehead atoms. The molecule has 1 amide bonds. The highest BCUT2D eigenvalue weighted by atomic mass is 32.1. The smallest absolute Gasteiger partial charge is 0.414 e. The molecule has 0 spiro atoms. The van der Waals surface area contributed by atoms with E-state index in [2.05, 4.69) is 21.6 Å². The number of fused-ring (bicyclic) bond motifs is 1. The van der Waals surface area contributed by atoms with Gasteiger partial charge in [0.2, 0.25) is 0 Å². The highest BCUT2D eigenvalue weighted by Gasteiger charge is 2.32. The predicted molar refractivity (Wildman–Crippen MR) is 118 cm³/mol. The molecule has 4 rings (SSSR count). The lowest BCUT2D eigenvalue weighted by Gasteiger charge is -2.13. The van der Waals surface area contributed by atoms with E-state index in [1.807, 2.05) is 48.5 Å². The van der Waals surface area contributed by atoms with Crippen molar-refractivity contribution in [1.29, 1.82) is 5.26 Å². The zero-order chi connectivity index (χ0) is 21.1. The summed E-state index contributed by atoms with van der Waals surface area (Å²) in [5, 5.41) is 21.2. The molecule has 2 heterocycles. The van der Waals surface area contributed by atoms with Gasteiger partial charge in [0.1, 0.15) is 23.2 Å². The SMILES string of the molecule is CC(=S)NC[C@H]1CN(c2ccc(/C=C(\C#N)n3nc4ccccc4n3)cc2)C(=O)O1. The Hall–Kier alpha value is -3.77. The van der Waals surface area contributed by atoms with Gasteiger partial charge < -0.3 is 10.1 Å². The lowest BCUT2D eigenvalue weighted by Crippen LogP contribution is -2.32. The summed E-state index contributed by atoms with van der Waals surface area (Å²) in [6.45, 7) is 2.71. The van der Waals surface area contributed by atoms with Crippen molar-refractivity contribution in [2.24, 2.45) is 0 Å². The van der Waals surface area contributed by atoms with E-state index in [1.165, 1.54) is 4.80 Å². The quantitative estimate of drug-likeness (QED) is 0.502. The molecular weight excluding hydrogens is 400 g/mol. The maximum absolute atomic E-state index is 12.2. The summed E-state index contributed by atoms with van der Waals surface area (Å²) in [5.74, 6) is 0. The number of amides is 1. The number of allylic oxidation sites excluding steroid dienone is 1. The number of nitrogens with zero attached hydrogens (tertiary/aromatic N) is 5. The van der Waals surface area contributed by atoms with E-state index < -0.39 is 6.09 Å². The molecule has 2 aromatic carbocycles. The Labute approximate surface area is 178 Å². The first-order valence-electron chi connectivity index (χ1n) is 9.30. The van der Waals surface area contributed by atoms with Crippen LogP contribution in [0, 0.1) is 11.3 Å². The molecule has 150 valence electrons. The lowest BCUT2D eigenvalue weighted by molar-refractivity contribution is 0.143. The van der Waals surface area contributed by atoms with Gasteiger partial charge in [0, 0.05) is 5.69 Å². The van der Waals surface area contributed by atoms with Crippen molar-refractivity contribution >= 4 is 51.8 Å². The van der Waals surface area contributed by atoms with Crippen LogP contribution in [-0.4, -0.2) is 45.3 Å². The highest BCUT2D eigenvalue weighted by molar-refractivity contribution is 7.80. The number of nitriles is 1. The third-order valence-corrected chi connectivity index (χ3v) is 4.72. The minimum Gasteiger partial charge on any atom is -0.442 e. The zero-order valence-electron chi connectivity index (χ0n) is 16.1. The van der Waals surface area contributed by atoms with E-state index in [9.17, 15) is 10.1 Å². The predicted octanol–water partition coefficient (Wildman–Crippen LogP) is 3.22. The van der Waals surface area contributed by atoms with Crippen molar-refractivity contribution in [3.05, 3.63) is 54.1 Å². The molecule has 9 heteroatoms. The van der Waals surface area contributed by atoms with Gasteiger partial charge in [0.25, 0.3) is 0 Å². The number of benzene rings is 2. The molecule has 1 N–H and O–H groups in total. The molecular formula is C21H18N6O2S. The molecule has 0 unspecified atom stereocenters. The topological polar surface area (TPSA) is 96.1 Å². The Morgan fingerprint density at radius 3 is 2.53 bits per heavy atom. The average Bonchev–Trinajstić information content (AvgIpc) is 3.34. The van der Waals surface area contributed by atoms with E-state index in [0.717, 1.165) is 22.3 Å². The van der Waals surface area contributed by atoms with Crippen LogP contribution in [0.1, 0.15) is 12.5 Å². The van der Waals surface area contributed by atoms with Crippen LogP contribution < -0.4 is 10.2 Å². The second-order valence-corrected chi connectivity index (χ2v) is 7.38. The number of ether oxygens (including phenoxy) is 1. The average molecular weight is 418 g/mol. The Bertz CT molecular complexity index is 1150. The fourth-order valence-corrected chi connectivity index (χ4v) is 3.19. The first kappa shape index (κ1) is 19.5. The number of cyclic esters (lactones) is 1. The van der Waals surface area contributed by atoms with Crippen LogP contribution in [0.3, 0.4) is 0 Å². The van der Waals surface area contributed by atoms with E-state index in [1.54, 1.807) is 17.9 Å². The monoisotopic (exact) mass is 418 g/mol. The number of carbonyl (C=O) groups excluding carboxylic acids is 1. The molecule has 0 saturated carbocycles. The number of nitrogens with one attached hydrogen (secondary N) is 1. The summed E-state index contributed by atoms with van der Waals surface area (Å²) < 4.78 is 5.37. The van der Waals surface area contributed by atoms with Gasteiger partial charge >= 0.3 is 6.09 Å². The second-order valence-electron chi connectivity index (χ2n) is 6.76. The van der Waals surface area contributed by atoms with Crippen LogP contribution in [0.5, 0.6) is 0 Å². The number of carbonyl (C=O) groups is 1. The molecule has 1 fully saturated rings. The first-order valence-corrected chi connectivity index (χ1v) is 9.71. The number of aromatic nitrogens is 3. The standard InChI is InChI=1S/C21H18N6O2S/c1-14(30)23-12-18-13-26(21(28)29-18)16-8-6-15(7-9-16)10-17(11-22)27-24-19-4-2-3-5-20(19)25-27/h2-10,18H,12-13H2,1H3,(H,23,30)/b17-10+/t18-/m0/s1. The summed E-state index contributed by atoms with van der Waals surface area (Å²) >= 11 is 4.99. The minimum absolute atomic E-state index is 0.264. The Balaban J connectivity index is 1.51. The molecule has 1 aromatic heterocycles. The largest absolute Gasteiger partial charge is 0.442 e. The van der Waals surface area contributed by atoms with Gasteiger partial charge in [-0.1, -0.05) is 36.5 Å². The van der Waals surface area contributed by atoms with Gasteiger partial charge in [0.15, 0.2) is 5.70 Å². The van der Waals surface area contributed by atoms with Gasteiger partial charge in [-0.25, -0.2) is 4.79 Å². The number of hydrogen-bond acceptors (Lipinski definition) is 6. The maximum atomic E-state index is 12.2. The summed E-state index contributed by atoms with van der Waals surface area (Å²) in [7, 11) is 0. The fraction of sp³-hybridized carbons (Fsp3) is 0.190. The summed E-state index contributed by atoms with van der Waals surface area (Å²) in [6, 6.07) is 16.8. The second kappa shape index (κ2) is 8.31. The van der Waals surface area contributed by atoms with Crippen molar-refractivity contribution in [1.82, 2.24) is 20.3 Å². The van der Waals surface area contributed by atoms with Crippen LogP contribution in [0.2, 0.25) is 0 Å². The highest BCUT2D eigenvalue weighted by Crippen LogP contribution is 2.23. The van der Waals surface area contributed by atoms with Crippen LogP contribution >= 0.6 is 12.2 Å². The maximum Gasteiger partial charge on any atom is 0.414 e. The molecule has 0 radical (unpaired) electrons. The molecule has 8 nitrogen and oxygen atoms in total. The summed E-state index contributed by atoms with van der Waals surface area (Å²) in [4.78, 5) is 15.7. The lowest BCUT2D eigenvalue weighted by atomic mass is 10.1. The third-order valence-electron chi connectivity index (χ3n) is 4.58.